The standard InChI is InChI=1S/C31H37N5O2S/c1-4-5-10-25-14-16-27(17-15-25)39(37,38)36-20-18-35(19-21-36)24(3)30-33-29-13-7-6-12-28(29)31(34-30)32-26-11-8-9-23(2)22-26/h6-9,11-17,22,24H,4-5,10,18-21H2,1-3H3,(H,32,33,34). The lowest BCUT2D eigenvalue weighted by atomic mass is 10.1. The summed E-state index contributed by atoms with van der Waals surface area (Å²) in [6.45, 7) is 8.43. The van der Waals surface area contributed by atoms with Crippen LogP contribution in [0.1, 0.15) is 49.7 Å². The maximum absolute atomic E-state index is 13.3. The summed E-state index contributed by atoms with van der Waals surface area (Å²) >= 11 is 0. The van der Waals surface area contributed by atoms with Crippen LogP contribution in [0.2, 0.25) is 0 Å². The van der Waals surface area contributed by atoms with Gasteiger partial charge in [-0.3, -0.25) is 4.90 Å². The first-order valence-electron chi connectivity index (χ1n) is 13.8. The maximum atomic E-state index is 13.3. The fourth-order valence-electron chi connectivity index (χ4n) is 5.09. The molecular formula is C31H37N5O2S. The Hall–Kier alpha value is -3.33. The number of nitrogens with zero attached hydrogens (tertiary/aromatic N) is 4. The number of aromatic nitrogens is 2. The van der Waals surface area contributed by atoms with Gasteiger partial charge in [-0.2, -0.15) is 4.31 Å². The number of piperazine rings is 1. The lowest BCUT2D eigenvalue weighted by Crippen LogP contribution is -2.49. The van der Waals surface area contributed by atoms with Crippen molar-refractivity contribution >= 4 is 32.4 Å². The molecular weight excluding hydrogens is 506 g/mol. The number of hydrogen-bond acceptors (Lipinski definition) is 6. The summed E-state index contributed by atoms with van der Waals surface area (Å²) in [5.41, 5.74) is 4.22. The Bertz CT molecular complexity index is 1530. The van der Waals surface area contributed by atoms with Crippen LogP contribution >= 0.6 is 0 Å². The number of para-hydroxylation sites is 1. The summed E-state index contributed by atoms with van der Waals surface area (Å²) in [6.07, 6.45) is 3.21. The topological polar surface area (TPSA) is 78.4 Å². The van der Waals surface area contributed by atoms with Gasteiger partial charge < -0.3 is 5.32 Å². The van der Waals surface area contributed by atoms with Gasteiger partial charge in [-0.15, -0.1) is 0 Å². The first kappa shape index (κ1) is 27.2. The average molecular weight is 544 g/mol. The third-order valence-corrected chi connectivity index (χ3v) is 9.39. The Balaban J connectivity index is 1.31. The van der Waals surface area contributed by atoms with Gasteiger partial charge in [0.1, 0.15) is 11.6 Å². The lowest BCUT2D eigenvalue weighted by Gasteiger charge is -2.37. The normalized spacial score (nSPS) is 15.9. The van der Waals surface area contributed by atoms with Crippen LogP contribution in [0.15, 0.2) is 77.7 Å². The van der Waals surface area contributed by atoms with E-state index in [4.69, 9.17) is 9.97 Å². The molecule has 1 aliphatic heterocycles. The fraction of sp³-hybridized carbons (Fsp3) is 0.355. The quantitative estimate of drug-likeness (QED) is 0.275. The van der Waals surface area contributed by atoms with E-state index in [1.54, 1.807) is 16.4 Å². The molecule has 8 heteroatoms. The molecule has 0 radical (unpaired) electrons. The van der Waals surface area contributed by atoms with Gasteiger partial charge in [0.15, 0.2) is 0 Å². The predicted molar refractivity (Wildman–Crippen MR) is 158 cm³/mol. The van der Waals surface area contributed by atoms with Crippen molar-refractivity contribution in [2.75, 3.05) is 31.5 Å². The van der Waals surface area contributed by atoms with Gasteiger partial charge >= 0.3 is 0 Å². The van der Waals surface area contributed by atoms with Crippen LogP contribution in [0.3, 0.4) is 0 Å². The number of sulfonamides is 1. The first-order valence-corrected chi connectivity index (χ1v) is 15.2. The van der Waals surface area contributed by atoms with Crippen molar-refractivity contribution in [1.29, 1.82) is 0 Å². The Labute approximate surface area is 232 Å². The number of anilines is 2. The second-order valence-corrected chi connectivity index (χ2v) is 12.2. The first-order chi connectivity index (χ1) is 18.8. The zero-order chi connectivity index (χ0) is 27.4. The van der Waals surface area contributed by atoms with E-state index in [0.29, 0.717) is 31.1 Å². The number of rotatable bonds is 9. The molecule has 1 aromatic heterocycles. The zero-order valence-corrected chi connectivity index (χ0v) is 23.8. The molecule has 0 spiro atoms. The highest BCUT2D eigenvalue weighted by molar-refractivity contribution is 7.89. The molecule has 0 bridgehead atoms. The predicted octanol–water partition coefficient (Wildman–Crippen LogP) is 6.09. The minimum absolute atomic E-state index is 0.0598. The molecule has 5 rings (SSSR count). The van der Waals surface area contributed by atoms with E-state index >= 15 is 0 Å². The molecule has 1 aliphatic rings. The smallest absolute Gasteiger partial charge is 0.243 e. The van der Waals surface area contributed by atoms with Crippen LogP contribution in [0, 0.1) is 6.92 Å². The lowest BCUT2D eigenvalue weighted by molar-refractivity contribution is 0.141. The molecule has 1 atom stereocenters. The van der Waals surface area contributed by atoms with E-state index in [1.807, 2.05) is 48.5 Å². The highest BCUT2D eigenvalue weighted by Crippen LogP contribution is 2.29. The van der Waals surface area contributed by atoms with Crippen LogP contribution in [-0.4, -0.2) is 53.8 Å². The minimum Gasteiger partial charge on any atom is -0.340 e. The van der Waals surface area contributed by atoms with E-state index in [2.05, 4.69) is 43.1 Å². The molecule has 3 aromatic carbocycles. The molecule has 1 unspecified atom stereocenters. The molecule has 1 saturated heterocycles. The van der Waals surface area contributed by atoms with Crippen molar-refractivity contribution in [3.05, 3.63) is 89.7 Å². The molecule has 4 aromatic rings. The molecule has 204 valence electrons. The second kappa shape index (κ2) is 11.8. The van der Waals surface area contributed by atoms with E-state index in [9.17, 15) is 8.42 Å². The van der Waals surface area contributed by atoms with E-state index in [-0.39, 0.29) is 6.04 Å². The third kappa shape index (κ3) is 6.13. The number of aryl methyl sites for hydroxylation is 2. The highest BCUT2D eigenvalue weighted by atomic mass is 32.2. The summed E-state index contributed by atoms with van der Waals surface area (Å²) in [6, 6.07) is 23.6. The number of benzene rings is 3. The van der Waals surface area contributed by atoms with Gasteiger partial charge in [-0.1, -0.05) is 49.7 Å². The Morgan fingerprint density at radius 3 is 2.38 bits per heavy atom. The Morgan fingerprint density at radius 1 is 0.923 bits per heavy atom. The molecule has 39 heavy (non-hydrogen) atoms. The summed E-state index contributed by atoms with van der Waals surface area (Å²) in [5.74, 6) is 1.50. The summed E-state index contributed by atoms with van der Waals surface area (Å²) < 4.78 is 28.2. The van der Waals surface area contributed by atoms with Crippen LogP contribution in [0.4, 0.5) is 11.5 Å². The third-order valence-electron chi connectivity index (χ3n) is 7.48. The number of nitrogens with one attached hydrogen (secondary N) is 1. The van der Waals surface area contributed by atoms with E-state index < -0.39 is 10.0 Å². The molecule has 0 amide bonds. The van der Waals surface area contributed by atoms with Crippen molar-refractivity contribution < 1.29 is 8.42 Å². The van der Waals surface area contributed by atoms with E-state index in [1.165, 1.54) is 11.1 Å². The zero-order valence-electron chi connectivity index (χ0n) is 23.0. The monoisotopic (exact) mass is 543 g/mol. The van der Waals surface area contributed by atoms with Gasteiger partial charge in [0, 0.05) is 37.3 Å². The summed E-state index contributed by atoms with van der Waals surface area (Å²) in [7, 11) is -3.52. The molecule has 7 nitrogen and oxygen atoms in total. The van der Waals surface area contributed by atoms with E-state index in [0.717, 1.165) is 47.5 Å². The minimum atomic E-state index is -3.52. The summed E-state index contributed by atoms with van der Waals surface area (Å²) in [4.78, 5) is 12.5. The van der Waals surface area contributed by atoms with Crippen molar-refractivity contribution in [3.63, 3.8) is 0 Å². The largest absolute Gasteiger partial charge is 0.340 e. The molecule has 0 aliphatic carbocycles. The number of unbranched alkanes of at least 4 members (excludes halogenated alkanes) is 1. The van der Waals surface area contributed by atoms with Gasteiger partial charge in [-0.05, 0) is 74.2 Å². The van der Waals surface area contributed by atoms with Crippen LogP contribution in [-0.2, 0) is 16.4 Å². The van der Waals surface area contributed by atoms with Gasteiger partial charge in [-0.25, -0.2) is 18.4 Å². The van der Waals surface area contributed by atoms with Gasteiger partial charge in [0.25, 0.3) is 0 Å². The van der Waals surface area contributed by atoms with Crippen molar-refractivity contribution in [2.45, 2.75) is 51.0 Å². The SMILES string of the molecule is CCCCc1ccc(S(=O)(=O)N2CCN(C(C)c3nc(Nc4cccc(C)c4)c4ccccc4n3)CC2)cc1. The Kier molecular flexibility index (Phi) is 8.26. The van der Waals surface area contributed by atoms with Gasteiger partial charge in [0.2, 0.25) is 10.0 Å². The maximum Gasteiger partial charge on any atom is 0.243 e. The Morgan fingerprint density at radius 2 is 1.67 bits per heavy atom. The van der Waals surface area contributed by atoms with Crippen molar-refractivity contribution in [3.8, 4) is 0 Å². The summed E-state index contributed by atoms with van der Waals surface area (Å²) in [5, 5.41) is 4.45. The molecule has 2 heterocycles. The van der Waals surface area contributed by atoms with Crippen molar-refractivity contribution in [2.24, 2.45) is 0 Å². The number of fused-ring (bicyclic) bond motifs is 1. The molecule has 1 fully saturated rings. The van der Waals surface area contributed by atoms with Crippen LogP contribution < -0.4 is 5.32 Å². The second-order valence-electron chi connectivity index (χ2n) is 10.3. The molecule has 1 N–H and O–H groups in total. The number of hydrogen-bond donors (Lipinski definition) is 1. The van der Waals surface area contributed by atoms with Crippen molar-refractivity contribution in [1.82, 2.24) is 19.2 Å². The highest BCUT2D eigenvalue weighted by Gasteiger charge is 2.31. The van der Waals surface area contributed by atoms with Crippen LogP contribution in [0.25, 0.3) is 10.9 Å². The fourth-order valence-corrected chi connectivity index (χ4v) is 6.51. The van der Waals surface area contributed by atoms with Crippen LogP contribution in [0.5, 0.6) is 0 Å². The van der Waals surface area contributed by atoms with Gasteiger partial charge in [0.05, 0.1) is 16.5 Å². The molecule has 0 saturated carbocycles. The average Bonchev–Trinajstić information content (AvgIpc) is 2.96.